The Morgan fingerprint density at radius 1 is 0.925 bits per heavy atom. The Balaban J connectivity index is 1.30. The summed E-state index contributed by atoms with van der Waals surface area (Å²) >= 11 is 0. The molecule has 1 N–H and O–H groups in total. The van der Waals surface area contributed by atoms with E-state index in [2.05, 4.69) is 10.2 Å². The number of halogens is 1. The van der Waals surface area contributed by atoms with E-state index in [1.54, 1.807) is 42.5 Å². The summed E-state index contributed by atoms with van der Waals surface area (Å²) in [4.78, 5) is 30.0. The van der Waals surface area contributed by atoms with Gasteiger partial charge in [-0.25, -0.2) is 12.8 Å². The van der Waals surface area contributed by atoms with Crippen molar-refractivity contribution in [1.29, 1.82) is 0 Å². The van der Waals surface area contributed by atoms with Gasteiger partial charge in [-0.1, -0.05) is 30.3 Å². The third-order valence-corrected chi connectivity index (χ3v) is 9.32. The molecule has 2 aliphatic rings. The van der Waals surface area contributed by atoms with Crippen LogP contribution in [0.25, 0.3) is 10.8 Å². The number of nitrogens with zero attached hydrogens (tertiary/aromatic N) is 4. The number of anilines is 1. The maximum absolute atomic E-state index is 14.3. The number of hydrogen-bond acceptors (Lipinski definition) is 7. The van der Waals surface area contributed by atoms with Crippen molar-refractivity contribution in [3.8, 4) is 0 Å². The van der Waals surface area contributed by atoms with Crippen molar-refractivity contribution in [2.24, 2.45) is 0 Å². The van der Waals surface area contributed by atoms with E-state index >= 15 is 0 Å². The number of carbonyl (C=O) groups excluding carboxylic acids is 1. The Labute approximate surface area is 233 Å². The highest BCUT2D eigenvalue weighted by atomic mass is 32.2. The van der Waals surface area contributed by atoms with Gasteiger partial charge in [-0.05, 0) is 31.2 Å². The van der Waals surface area contributed by atoms with Crippen molar-refractivity contribution < 1.29 is 22.3 Å². The highest BCUT2D eigenvalue weighted by Gasteiger charge is 2.31. The summed E-state index contributed by atoms with van der Waals surface area (Å²) in [5.74, 6) is -0.711. The average molecular weight is 572 g/mol. The van der Waals surface area contributed by atoms with Gasteiger partial charge in [0.25, 0.3) is 5.56 Å². The molecule has 1 amide bonds. The number of aromatic nitrogens is 1. The van der Waals surface area contributed by atoms with Crippen molar-refractivity contribution in [1.82, 2.24) is 19.1 Å². The van der Waals surface area contributed by atoms with E-state index < -0.39 is 15.6 Å². The zero-order valence-electron chi connectivity index (χ0n) is 22.3. The zero-order valence-corrected chi connectivity index (χ0v) is 23.1. The molecule has 3 aromatic rings. The summed E-state index contributed by atoms with van der Waals surface area (Å²) in [6, 6.07) is 13.0. The molecular weight excluding hydrogens is 537 g/mol. The first-order valence-electron chi connectivity index (χ1n) is 13.5. The molecule has 1 aromatic heterocycles. The maximum Gasteiger partial charge on any atom is 0.258 e. The quantitative estimate of drug-likeness (QED) is 0.388. The predicted molar refractivity (Wildman–Crippen MR) is 150 cm³/mol. The van der Waals surface area contributed by atoms with E-state index in [0.717, 1.165) is 26.1 Å². The minimum Gasteiger partial charge on any atom is -0.379 e. The minimum absolute atomic E-state index is 0.0258. The van der Waals surface area contributed by atoms with E-state index in [-0.39, 0.29) is 41.6 Å². The first-order chi connectivity index (χ1) is 19.3. The number of carbonyl (C=O) groups is 1. The van der Waals surface area contributed by atoms with Crippen LogP contribution in [-0.4, -0.2) is 93.7 Å². The van der Waals surface area contributed by atoms with Gasteiger partial charge in [0.05, 0.1) is 18.9 Å². The first-order valence-corrected chi connectivity index (χ1v) is 15.0. The highest BCUT2D eigenvalue weighted by Crippen LogP contribution is 2.26. The maximum atomic E-state index is 14.3. The van der Waals surface area contributed by atoms with Crippen LogP contribution in [0.2, 0.25) is 0 Å². The highest BCUT2D eigenvalue weighted by molar-refractivity contribution is 7.89. The van der Waals surface area contributed by atoms with Crippen molar-refractivity contribution in [3.63, 3.8) is 0 Å². The lowest BCUT2D eigenvalue weighted by molar-refractivity contribution is -0.121. The van der Waals surface area contributed by atoms with Gasteiger partial charge in [0.15, 0.2) is 0 Å². The number of morpholine rings is 1. The summed E-state index contributed by atoms with van der Waals surface area (Å²) in [5.41, 5.74) is 0.0110. The SMILES string of the molecule is O=C(Cn1cc(S(=O)(=O)N2CCN(c3ccccc3F)CC2)c2ccccc2c1=O)NCCCN1CCOCC1. The summed E-state index contributed by atoms with van der Waals surface area (Å²) in [6.07, 6.45) is 2.04. The van der Waals surface area contributed by atoms with Crippen LogP contribution >= 0.6 is 0 Å². The first kappa shape index (κ1) is 28.2. The van der Waals surface area contributed by atoms with Gasteiger partial charge in [0, 0.05) is 62.8 Å². The van der Waals surface area contributed by atoms with Gasteiger partial charge in [-0.3, -0.25) is 14.5 Å². The number of ether oxygens (including phenoxy) is 1. The van der Waals surface area contributed by atoms with Gasteiger partial charge in [0.2, 0.25) is 15.9 Å². The molecule has 10 nitrogen and oxygen atoms in total. The fraction of sp³-hybridized carbons (Fsp3) is 0.429. The van der Waals surface area contributed by atoms with Gasteiger partial charge >= 0.3 is 0 Å². The fourth-order valence-corrected chi connectivity index (χ4v) is 6.85. The lowest BCUT2D eigenvalue weighted by atomic mass is 10.2. The van der Waals surface area contributed by atoms with Crippen LogP contribution in [0.3, 0.4) is 0 Å². The molecule has 214 valence electrons. The van der Waals surface area contributed by atoms with Gasteiger partial charge < -0.3 is 19.5 Å². The van der Waals surface area contributed by atoms with E-state index in [4.69, 9.17) is 4.74 Å². The molecule has 0 atom stereocenters. The molecule has 12 heteroatoms. The lowest BCUT2D eigenvalue weighted by Gasteiger charge is -2.35. The van der Waals surface area contributed by atoms with Crippen LogP contribution in [0.5, 0.6) is 0 Å². The Morgan fingerprint density at radius 2 is 1.60 bits per heavy atom. The van der Waals surface area contributed by atoms with Crippen LogP contribution in [0, 0.1) is 5.82 Å². The van der Waals surface area contributed by atoms with Crippen LogP contribution in [0.1, 0.15) is 6.42 Å². The molecular formula is C28H34FN5O5S. The normalized spacial score (nSPS) is 17.3. The number of hydrogen-bond donors (Lipinski definition) is 1. The molecule has 0 radical (unpaired) electrons. The predicted octanol–water partition coefficient (Wildman–Crippen LogP) is 1.49. The minimum atomic E-state index is -4.01. The smallest absolute Gasteiger partial charge is 0.258 e. The van der Waals surface area contributed by atoms with E-state index in [1.165, 1.54) is 21.1 Å². The topological polar surface area (TPSA) is 104 Å². The van der Waals surface area contributed by atoms with Gasteiger partial charge in [0.1, 0.15) is 17.3 Å². The molecule has 0 unspecified atom stereocenters. The number of rotatable bonds is 9. The van der Waals surface area contributed by atoms with Crippen molar-refractivity contribution >= 4 is 32.4 Å². The third-order valence-electron chi connectivity index (χ3n) is 7.40. The van der Waals surface area contributed by atoms with Crippen molar-refractivity contribution in [2.45, 2.75) is 17.9 Å². The van der Waals surface area contributed by atoms with Crippen LogP contribution in [-0.2, 0) is 26.1 Å². The van der Waals surface area contributed by atoms with Crippen LogP contribution in [0.4, 0.5) is 10.1 Å². The zero-order chi connectivity index (χ0) is 28.1. The molecule has 0 spiro atoms. The third kappa shape index (κ3) is 6.20. The second kappa shape index (κ2) is 12.5. The number of fused-ring (bicyclic) bond motifs is 1. The molecule has 0 saturated carbocycles. The van der Waals surface area contributed by atoms with E-state index in [0.29, 0.717) is 43.9 Å². The molecule has 2 saturated heterocycles. The summed E-state index contributed by atoms with van der Waals surface area (Å²) in [5, 5.41) is 3.38. The number of sulfonamides is 1. The Hall–Kier alpha value is -3.32. The lowest BCUT2D eigenvalue weighted by Crippen LogP contribution is -2.49. The molecule has 3 heterocycles. The Kier molecular flexibility index (Phi) is 8.79. The molecule has 0 bridgehead atoms. The van der Waals surface area contributed by atoms with E-state index in [1.807, 2.05) is 4.90 Å². The fourth-order valence-electron chi connectivity index (χ4n) is 5.21. The number of amides is 1. The molecule has 2 aliphatic heterocycles. The number of benzene rings is 2. The summed E-state index contributed by atoms with van der Waals surface area (Å²) in [7, 11) is -4.01. The largest absolute Gasteiger partial charge is 0.379 e. The molecule has 5 rings (SSSR count). The summed E-state index contributed by atoms with van der Waals surface area (Å²) in [6.45, 7) is 5.14. The molecule has 2 aromatic carbocycles. The number of pyridine rings is 1. The summed E-state index contributed by atoms with van der Waals surface area (Å²) < 4.78 is 49.8. The van der Waals surface area contributed by atoms with Crippen molar-refractivity contribution in [2.75, 3.05) is 70.5 Å². The van der Waals surface area contributed by atoms with Crippen LogP contribution in [0.15, 0.2) is 64.4 Å². The number of nitrogens with one attached hydrogen (secondary N) is 1. The second-order valence-corrected chi connectivity index (χ2v) is 11.9. The standard InChI is InChI=1S/C28H34FN5O5S/c29-24-8-3-4-9-25(24)32-12-14-34(15-13-32)40(37,38)26-20-33(28(36)23-7-2-1-6-22(23)26)21-27(35)30-10-5-11-31-16-18-39-19-17-31/h1-4,6-9,20H,5,10-19,21H2,(H,30,35). The van der Waals surface area contributed by atoms with Crippen LogP contribution < -0.4 is 15.8 Å². The monoisotopic (exact) mass is 571 g/mol. The number of para-hydroxylation sites is 1. The van der Waals surface area contributed by atoms with Gasteiger partial charge in [-0.15, -0.1) is 0 Å². The molecule has 2 fully saturated rings. The van der Waals surface area contributed by atoms with Crippen molar-refractivity contribution in [3.05, 3.63) is 70.9 Å². The van der Waals surface area contributed by atoms with Gasteiger partial charge in [-0.2, -0.15) is 4.31 Å². The average Bonchev–Trinajstić information content (AvgIpc) is 2.97. The van der Waals surface area contributed by atoms with E-state index in [9.17, 15) is 22.4 Å². The molecule has 40 heavy (non-hydrogen) atoms. The molecule has 0 aliphatic carbocycles. The number of piperazine rings is 1. The second-order valence-electron chi connectivity index (χ2n) is 9.97. The Bertz CT molecular complexity index is 1520. The Morgan fingerprint density at radius 3 is 2.33 bits per heavy atom.